The normalized spacial score (nSPS) is 16.4. The summed E-state index contributed by atoms with van der Waals surface area (Å²) in [7, 11) is 0. The molecule has 1 aliphatic rings. The molecule has 1 saturated carbocycles. The molecule has 3 rings (SSSR count). The second kappa shape index (κ2) is 6.65. The minimum atomic E-state index is 0.0919. The molecule has 1 aromatic heterocycles. The lowest BCUT2D eigenvalue weighted by molar-refractivity contribution is 0.390. The molecule has 0 bridgehead atoms. The van der Waals surface area contributed by atoms with Crippen LogP contribution in [0.4, 0.5) is 0 Å². The van der Waals surface area contributed by atoms with Gasteiger partial charge in [0.15, 0.2) is 5.16 Å². The zero-order valence-electron chi connectivity index (χ0n) is 12.5. The molecule has 2 aromatic rings. The number of hydrogen-bond acceptors (Lipinski definition) is 3. The van der Waals surface area contributed by atoms with Crippen molar-refractivity contribution in [2.24, 2.45) is 5.92 Å². The molecule has 1 heterocycles. The van der Waals surface area contributed by atoms with Crippen LogP contribution >= 0.6 is 11.8 Å². The Labute approximate surface area is 129 Å². The summed E-state index contributed by atoms with van der Waals surface area (Å²) >= 11 is 1.76. The predicted octanol–water partition coefficient (Wildman–Crippen LogP) is 4.09. The van der Waals surface area contributed by atoms with Gasteiger partial charge in [0.05, 0.1) is 10.9 Å². The van der Waals surface area contributed by atoms with E-state index in [1.165, 1.54) is 32.1 Å². The van der Waals surface area contributed by atoms with Gasteiger partial charge in [-0.05, 0) is 37.8 Å². The molecule has 0 amide bonds. The van der Waals surface area contributed by atoms with Crippen LogP contribution in [0.5, 0.6) is 0 Å². The fourth-order valence-corrected chi connectivity index (χ4v) is 4.33. The van der Waals surface area contributed by atoms with Gasteiger partial charge in [0, 0.05) is 12.3 Å². The summed E-state index contributed by atoms with van der Waals surface area (Å²) in [4.78, 5) is 17.3. The van der Waals surface area contributed by atoms with Gasteiger partial charge in [-0.3, -0.25) is 9.36 Å². The van der Waals surface area contributed by atoms with Crippen molar-refractivity contribution in [2.75, 3.05) is 5.75 Å². The third-order valence-corrected chi connectivity index (χ3v) is 5.52. The summed E-state index contributed by atoms with van der Waals surface area (Å²) < 4.78 is 1.82. The first-order valence-corrected chi connectivity index (χ1v) is 8.90. The van der Waals surface area contributed by atoms with Gasteiger partial charge in [-0.15, -0.1) is 0 Å². The van der Waals surface area contributed by atoms with Crippen LogP contribution in [-0.4, -0.2) is 15.3 Å². The van der Waals surface area contributed by atoms with E-state index in [1.807, 2.05) is 35.8 Å². The standard InChI is InChI=1S/C17H22N2OS/c1-2-19-16(20)14-10-6-7-11-15(14)18-17(19)21-12-13-8-4-3-5-9-13/h6-7,10-11,13H,2-5,8-9,12H2,1H3. The maximum atomic E-state index is 12.5. The molecule has 4 heteroatoms. The van der Waals surface area contributed by atoms with Crippen LogP contribution in [-0.2, 0) is 6.54 Å². The van der Waals surface area contributed by atoms with E-state index in [0.717, 1.165) is 27.7 Å². The van der Waals surface area contributed by atoms with E-state index in [-0.39, 0.29) is 5.56 Å². The van der Waals surface area contributed by atoms with Gasteiger partial charge in [0.1, 0.15) is 0 Å². The van der Waals surface area contributed by atoms with E-state index in [0.29, 0.717) is 6.54 Å². The number of aromatic nitrogens is 2. The molecule has 21 heavy (non-hydrogen) atoms. The van der Waals surface area contributed by atoms with Crippen LogP contribution in [0.25, 0.3) is 10.9 Å². The summed E-state index contributed by atoms with van der Waals surface area (Å²) in [5, 5.41) is 1.60. The van der Waals surface area contributed by atoms with Crippen molar-refractivity contribution in [3.05, 3.63) is 34.6 Å². The molecule has 0 aliphatic heterocycles. The molecule has 112 valence electrons. The first-order valence-electron chi connectivity index (χ1n) is 7.92. The lowest BCUT2D eigenvalue weighted by Crippen LogP contribution is -2.23. The first-order chi connectivity index (χ1) is 10.3. The smallest absolute Gasteiger partial charge is 0.262 e. The van der Waals surface area contributed by atoms with Gasteiger partial charge in [-0.1, -0.05) is 43.2 Å². The average Bonchev–Trinajstić information content (AvgIpc) is 2.54. The van der Waals surface area contributed by atoms with E-state index in [4.69, 9.17) is 4.98 Å². The van der Waals surface area contributed by atoms with Crippen molar-refractivity contribution in [1.29, 1.82) is 0 Å². The quantitative estimate of drug-likeness (QED) is 0.630. The lowest BCUT2D eigenvalue weighted by Gasteiger charge is -2.21. The molecule has 1 fully saturated rings. The van der Waals surface area contributed by atoms with Gasteiger partial charge in [0.2, 0.25) is 0 Å². The lowest BCUT2D eigenvalue weighted by atomic mass is 9.91. The average molecular weight is 302 g/mol. The van der Waals surface area contributed by atoms with Crippen LogP contribution in [0.15, 0.2) is 34.2 Å². The second-order valence-corrected chi connectivity index (χ2v) is 6.76. The number of rotatable bonds is 4. The number of benzene rings is 1. The van der Waals surface area contributed by atoms with Crippen molar-refractivity contribution in [2.45, 2.75) is 50.7 Å². The van der Waals surface area contributed by atoms with Crippen LogP contribution in [0.1, 0.15) is 39.0 Å². The first kappa shape index (κ1) is 14.6. The highest BCUT2D eigenvalue weighted by Crippen LogP contribution is 2.29. The summed E-state index contributed by atoms with van der Waals surface area (Å²) in [6.07, 6.45) is 6.76. The summed E-state index contributed by atoms with van der Waals surface area (Å²) in [6.45, 7) is 2.70. The summed E-state index contributed by atoms with van der Waals surface area (Å²) in [5.41, 5.74) is 0.910. The minimum absolute atomic E-state index is 0.0919. The Morgan fingerprint density at radius 1 is 1.24 bits per heavy atom. The number of fused-ring (bicyclic) bond motifs is 1. The zero-order chi connectivity index (χ0) is 14.7. The molecule has 1 aliphatic carbocycles. The minimum Gasteiger partial charge on any atom is -0.287 e. The highest BCUT2D eigenvalue weighted by Gasteiger charge is 2.16. The fourth-order valence-electron chi connectivity index (χ4n) is 3.08. The van der Waals surface area contributed by atoms with E-state index < -0.39 is 0 Å². The zero-order valence-corrected chi connectivity index (χ0v) is 13.4. The van der Waals surface area contributed by atoms with Crippen molar-refractivity contribution in [1.82, 2.24) is 9.55 Å². The second-order valence-electron chi connectivity index (χ2n) is 5.78. The SMILES string of the molecule is CCn1c(SCC2CCCCC2)nc2ccccc2c1=O. The largest absolute Gasteiger partial charge is 0.287 e. The Bertz CT molecular complexity index is 674. The van der Waals surface area contributed by atoms with Gasteiger partial charge in [0.25, 0.3) is 5.56 Å². The van der Waals surface area contributed by atoms with Gasteiger partial charge >= 0.3 is 0 Å². The Morgan fingerprint density at radius 2 is 2.00 bits per heavy atom. The van der Waals surface area contributed by atoms with Gasteiger partial charge in [-0.25, -0.2) is 4.98 Å². The summed E-state index contributed by atoms with van der Waals surface area (Å²) in [6, 6.07) is 7.65. The molecule has 3 nitrogen and oxygen atoms in total. The molecule has 0 saturated heterocycles. The van der Waals surface area contributed by atoms with Crippen molar-refractivity contribution in [3.8, 4) is 0 Å². The van der Waals surface area contributed by atoms with Crippen molar-refractivity contribution < 1.29 is 0 Å². The maximum Gasteiger partial charge on any atom is 0.262 e. The molecular weight excluding hydrogens is 280 g/mol. The Morgan fingerprint density at radius 3 is 2.76 bits per heavy atom. The van der Waals surface area contributed by atoms with Gasteiger partial charge in [-0.2, -0.15) is 0 Å². The van der Waals surface area contributed by atoms with E-state index >= 15 is 0 Å². The van der Waals surface area contributed by atoms with Crippen LogP contribution in [0.3, 0.4) is 0 Å². The highest BCUT2D eigenvalue weighted by atomic mass is 32.2. The summed E-state index contributed by atoms with van der Waals surface area (Å²) in [5.74, 6) is 1.88. The third-order valence-electron chi connectivity index (χ3n) is 4.32. The van der Waals surface area contributed by atoms with Crippen LogP contribution in [0.2, 0.25) is 0 Å². The molecule has 0 spiro atoms. The Balaban J connectivity index is 1.88. The van der Waals surface area contributed by atoms with Crippen LogP contribution in [0, 0.1) is 5.92 Å². The number of nitrogens with zero attached hydrogens (tertiary/aromatic N) is 2. The fraction of sp³-hybridized carbons (Fsp3) is 0.529. The Hall–Kier alpha value is -1.29. The number of para-hydroxylation sites is 1. The Kier molecular flexibility index (Phi) is 4.63. The monoisotopic (exact) mass is 302 g/mol. The maximum absolute atomic E-state index is 12.5. The van der Waals surface area contributed by atoms with E-state index in [2.05, 4.69) is 0 Å². The molecule has 0 radical (unpaired) electrons. The molecular formula is C17H22N2OS. The number of thioether (sulfide) groups is 1. The number of hydrogen-bond donors (Lipinski definition) is 0. The van der Waals surface area contributed by atoms with Crippen LogP contribution < -0.4 is 5.56 Å². The van der Waals surface area contributed by atoms with Crippen molar-refractivity contribution in [3.63, 3.8) is 0 Å². The highest BCUT2D eigenvalue weighted by molar-refractivity contribution is 7.99. The molecule has 0 N–H and O–H groups in total. The van der Waals surface area contributed by atoms with E-state index in [1.54, 1.807) is 11.8 Å². The molecule has 0 atom stereocenters. The molecule has 0 unspecified atom stereocenters. The third kappa shape index (κ3) is 3.15. The van der Waals surface area contributed by atoms with Crippen molar-refractivity contribution >= 4 is 22.7 Å². The van der Waals surface area contributed by atoms with E-state index in [9.17, 15) is 4.79 Å². The van der Waals surface area contributed by atoms with Gasteiger partial charge < -0.3 is 0 Å². The predicted molar refractivity (Wildman–Crippen MR) is 89.0 cm³/mol. The topological polar surface area (TPSA) is 34.9 Å². The molecule has 1 aromatic carbocycles.